The molecule has 2 rings (SSSR count). The summed E-state index contributed by atoms with van der Waals surface area (Å²) >= 11 is 0. The van der Waals surface area contributed by atoms with Crippen molar-refractivity contribution in [2.45, 2.75) is 19.4 Å². The molecule has 1 aromatic carbocycles. The molecular formula is C13H11F3O2. The van der Waals surface area contributed by atoms with Crippen molar-refractivity contribution < 1.29 is 22.7 Å². The van der Waals surface area contributed by atoms with Crippen molar-refractivity contribution in [2.24, 2.45) is 0 Å². The molecule has 1 heterocycles. The monoisotopic (exact) mass is 256 g/mol. The van der Waals surface area contributed by atoms with E-state index in [1.165, 1.54) is 12.1 Å². The van der Waals surface area contributed by atoms with Crippen LogP contribution >= 0.6 is 0 Å². The maximum Gasteiger partial charge on any atom is 0.161 e. The number of aliphatic hydroxyl groups is 1. The summed E-state index contributed by atoms with van der Waals surface area (Å²) < 4.78 is 44.5. The zero-order chi connectivity index (χ0) is 13.3. The third-order valence-corrected chi connectivity index (χ3v) is 2.62. The van der Waals surface area contributed by atoms with Crippen LogP contribution in [0.5, 0.6) is 0 Å². The SMILES string of the molecule is CCC(O)c1ccc(-c2cc(F)c(F)cc2F)o1. The van der Waals surface area contributed by atoms with Gasteiger partial charge >= 0.3 is 0 Å². The second kappa shape index (κ2) is 4.86. The average Bonchev–Trinajstić information content (AvgIpc) is 2.82. The van der Waals surface area contributed by atoms with Gasteiger partial charge in [0.1, 0.15) is 23.4 Å². The van der Waals surface area contributed by atoms with Gasteiger partial charge in [-0.2, -0.15) is 0 Å². The topological polar surface area (TPSA) is 33.4 Å². The lowest BCUT2D eigenvalue weighted by Crippen LogP contribution is -1.92. The first-order valence-electron chi connectivity index (χ1n) is 5.45. The van der Waals surface area contributed by atoms with E-state index in [-0.39, 0.29) is 17.1 Å². The Balaban J connectivity index is 2.43. The van der Waals surface area contributed by atoms with Crippen LogP contribution < -0.4 is 0 Å². The van der Waals surface area contributed by atoms with Gasteiger partial charge in [-0.25, -0.2) is 13.2 Å². The molecule has 2 nitrogen and oxygen atoms in total. The molecule has 5 heteroatoms. The molecule has 0 fully saturated rings. The number of rotatable bonds is 3. The molecule has 1 N–H and O–H groups in total. The minimum atomic E-state index is -1.25. The van der Waals surface area contributed by atoms with E-state index in [1.807, 2.05) is 0 Å². The van der Waals surface area contributed by atoms with E-state index in [0.29, 0.717) is 12.5 Å². The Labute approximate surface area is 102 Å². The van der Waals surface area contributed by atoms with E-state index in [2.05, 4.69) is 0 Å². The van der Waals surface area contributed by atoms with Gasteiger partial charge in [-0.1, -0.05) is 6.92 Å². The fourth-order valence-electron chi connectivity index (χ4n) is 1.59. The first kappa shape index (κ1) is 12.7. The molecule has 0 saturated carbocycles. The van der Waals surface area contributed by atoms with E-state index in [4.69, 9.17) is 4.42 Å². The second-order valence-corrected chi connectivity index (χ2v) is 3.87. The van der Waals surface area contributed by atoms with Crippen molar-refractivity contribution in [2.75, 3.05) is 0 Å². The zero-order valence-electron chi connectivity index (χ0n) is 9.58. The molecule has 1 atom stereocenters. The summed E-state index contributed by atoms with van der Waals surface area (Å²) in [7, 11) is 0. The highest BCUT2D eigenvalue weighted by Gasteiger charge is 2.16. The normalized spacial score (nSPS) is 12.7. The van der Waals surface area contributed by atoms with Crippen molar-refractivity contribution in [3.8, 4) is 11.3 Å². The van der Waals surface area contributed by atoms with Crippen LogP contribution in [-0.2, 0) is 0 Å². The Morgan fingerprint density at radius 2 is 1.78 bits per heavy atom. The number of hydrogen-bond donors (Lipinski definition) is 1. The fraction of sp³-hybridized carbons (Fsp3) is 0.231. The lowest BCUT2D eigenvalue weighted by Gasteiger charge is -2.04. The van der Waals surface area contributed by atoms with Crippen molar-refractivity contribution in [3.05, 3.63) is 47.5 Å². The second-order valence-electron chi connectivity index (χ2n) is 3.87. The molecule has 0 radical (unpaired) electrons. The van der Waals surface area contributed by atoms with Crippen molar-refractivity contribution >= 4 is 0 Å². The van der Waals surface area contributed by atoms with Gasteiger partial charge in [0.05, 0.1) is 5.56 Å². The average molecular weight is 256 g/mol. The van der Waals surface area contributed by atoms with Gasteiger partial charge in [0.2, 0.25) is 0 Å². The van der Waals surface area contributed by atoms with E-state index in [0.717, 1.165) is 6.07 Å². The van der Waals surface area contributed by atoms with Gasteiger partial charge in [0, 0.05) is 6.07 Å². The van der Waals surface area contributed by atoms with Crippen LogP contribution in [0.25, 0.3) is 11.3 Å². The van der Waals surface area contributed by atoms with Crippen LogP contribution in [0.2, 0.25) is 0 Å². The first-order chi connectivity index (χ1) is 8.52. The number of benzene rings is 1. The van der Waals surface area contributed by atoms with Crippen LogP contribution in [0.1, 0.15) is 25.2 Å². The Morgan fingerprint density at radius 1 is 1.11 bits per heavy atom. The Kier molecular flexibility index (Phi) is 3.43. The standard InChI is InChI=1S/C13H11F3O2/c1-2-11(17)13-4-3-12(18-13)7-5-9(15)10(16)6-8(7)14/h3-6,11,17H,2H2,1H3. The summed E-state index contributed by atoms with van der Waals surface area (Å²) in [6.07, 6.45) is -0.361. The molecule has 0 saturated heterocycles. The molecule has 0 spiro atoms. The molecule has 0 bridgehead atoms. The highest BCUT2D eigenvalue weighted by Crippen LogP contribution is 2.29. The van der Waals surface area contributed by atoms with Crippen molar-refractivity contribution in [1.29, 1.82) is 0 Å². The maximum absolute atomic E-state index is 13.5. The van der Waals surface area contributed by atoms with Crippen molar-refractivity contribution in [3.63, 3.8) is 0 Å². The highest BCUT2D eigenvalue weighted by molar-refractivity contribution is 5.58. The third-order valence-electron chi connectivity index (χ3n) is 2.62. The first-order valence-corrected chi connectivity index (χ1v) is 5.45. The minimum absolute atomic E-state index is 0.0499. The Morgan fingerprint density at radius 3 is 2.44 bits per heavy atom. The number of furan rings is 1. The third kappa shape index (κ3) is 2.26. The minimum Gasteiger partial charge on any atom is -0.458 e. The molecule has 1 aromatic heterocycles. The van der Waals surface area contributed by atoms with Crippen LogP contribution in [0.15, 0.2) is 28.7 Å². The smallest absolute Gasteiger partial charge is 0.161 e. The summed E-state index contributed by atoms with van der Waals surface area (Å²) in [5, 5.41) is 9.54. The Hall–Kier alpha value is -1.75. The van der Waals surface area contributed by atoms with Gasteiger partial charge in [0.15, 0.2) is 11.6 Å². The van der Waals surface area contributed by atoms with Crippen LogP contribution in [0, 0.1) is 17.5 Å². The van der Waals surface area contributed by atoms with E-state index >= 15 is 0 Å². The number of halogens is 3. The molecule has 18 heavy (non-hydrogen) atoms. The summed E-state index contributed by atoms with van der Waals surface area (Å²) in [5.41, 5.74) is -0.177. The quantitative estimate of drug-likeness (QED) is 0.847. The molecule has 0 aliphatic rings. The summed E-state index contributed by atoms with van der Waals surface area (Å²) in [6, 6.07) is 4.07. The van der Waals surface area contributed by atoms with Gasteiger partial charge in [-0.3, -0.25) is 0 Å². The number of hydrogen-bond acceptors (Lipinski definition) is 2. The van der Waals surface area contributed by atoms with Gasteiger partial charge in [0.25, 0.3) is 0 Å². The fourth-order valence-corrected chi connectivity index (χ4v) is 1.59. The predicted molar refractivity (Wildman–Crippen MR) is 59.3 cm³/mol. The van der Waals surface area contributed by atoms with E-state index in [1.54, 1.807) is 6.92 Å². The summed E-state index contributed by atoms with van der Waals surface area (Å²) in [4.78, 5) is 0. The molecule has 1 unspecified atom stereocenters. The molecule has 96 valence electrons. The maximum atomic E-state index is 13.5. The lowest BCUT2D eigenvalue weighted by molar-refractivity contribution is 0.146. The summed E-state index contributed by atoms with van der Waals surface area (Å²) in [5.74, 6) is -3.01. The number of aliphatic hydroxyl groups excluding tert-OH is 1. The van der Waals surface area contributed by atoms with Crippen molar-refractivity contribution in [1.82, 2.24) is 0 Å². The van der Waals surface area contributed by atoms with Gasteiger partial charge in [-0.15, -0.1) is 0 Å². The molecule has 0 aliphatic carbocycles. The molecule has 0 amide bonds. The largest absolute Gasteiger partial charge is 0.458 e. The van der Waals surface area contributed by atoms with Crippen LogP contribution in [0.3, 0.4) is 0 Å². The summed E-state index contributed by atoms with van der Waals surface area (Å²) in [6.45, 7) is 1.75. The van der Waals surface area contributed by atoms with Crippen LogP contribution in [0.4, 0.5) is 13.2 Å². The van der Waals surface area contributed by atoms with Crippen LogP contribution in [-0.4, -0.2) is 5.11 Å². The highest BCUT2D eigenvalue weighted by atomic mass is 19.2. The molecule has 2 aromatic rings. The lowest BCUT2D eigenvalue weighted by atomic mass is 10.1. The van der Waals surface area contributed by atoms with Gasteiger partial charge in [-0.05, 0) is 24.6 Å². The van der Waals surface area contributed by atoms with Gasteiger partial charge < -0.3 is 9.52 Å². The Bertz CT molecular complexity index is 563. The molecular weight excluding hydrogens is 245 g/mol. The molecule has 0 aliphatic heterocycles. The van der Waals surface area contributed by atoms with E-state index < -0.39 is 23.6 Å². The predicted octanol–water partition coefficient (Wildman–Crippen LogP) is 3.81. The van der Waals surface area contributed by atoms with E-state index in [9.17, 15) is 18.3 Å². The zero-order valence-corrected chi connectivity index (χ0v) is 9.58.